The van der Waals surface area contributed by atoms with E-state index in [1.807, 2.05) is 48.5 Å². The molecule has 2 aromatic carbocycles. The minimum atomic E-state index is -0.0340. The van der Waals surface area contributed by atoms with Crippen LogP contribution in [0.25, 0.3) is 0 Å². The average molecular weight is 238 g/mol. The summed E-state index contributed by atoms with van der Waals surface area (Å²) in [6.45, 7) is 0. The van der Waals surface area contributed by atoms with Crippen LogP contribution in [0.1, 0.15) is 27.4 Å². The predicted octanol–water partition coefficient (Wildman–Crippen LogP) is 3.22. The standard InChI is InChI=1S/C16H14O2/c1-18-13-7-8-14-12(9-13)10-15(16(14)17)11-5-3-2-4-6-11/h2-9,15H,10H2,1H3/t15-/m0/s1. The molecule has 2 nitrogen and oxygen atoms in total. The summed E-state index contributed by atoms with van der Waals surface area (Å²) in [7, 11) is 1.65. The maximum atomic E-state index is 12.4. The fourth-order valence-corrected chi connectivity index (χ4v) is 2.56. The quantitative estimate of drug-likeness (QED) is 0.803. The molecule has 0 saturated heterocycles. The molecule has 0 fully saturated rings. The zero-order chi connectivity index (χ0) is 12.5. The van der Waals surface area contributed by atoms with Crippen molar-refractivity contribution in [1.29, 1.82) is 0 Å². The van der Waals surface area contributed by atoms with Crippen LogP contribution in [0, 0.1) is 0 Å². The fourth-order valence-electron chi connectivity index (χ4n) is 2.56. The van der Waals surface area contributed by atoms with E-state index in [1.54, 1.807) is 7.11 Å². The van der Waals surface area contributed by atoms with Gasteiger partial charge < -0.3 is 4.74 Å². The van der Waals surface area contributed by atoms with Crippen LogP contribution in [0.5, 0.6) is 5.75 Å². The number of Topliss-reactive ketones (excluding diaryl/α,β-unsaturated/α-hetero) is 1. The molecule has 0 saturated carbocycles. The number of carbonyl (C=O) groups is 1. The van der Waals surface area contributed by atoms with E-state index in [9.17, 15) is 4.79 Å². The molecule has 0 unspecified atom stereocenters. The molecule has 1 atom stereocenters. The van der Waals surface area contributed by atoms with E-state index in [2.05, 4.69) is 0 Å². The maximum Gasteiger partial charge on any atom is 0.170 e. The van der Waals surface area contributed by atoms with Gasteiger partial charge in [-0.25, -0.2) is 0 Å². The van der Waals surface area contributed by atoms with E-state index < -0.39 is 0 Å². The molecule has 0 aliphatic heterocycles. The van der Waals surface area contributed by atoms with Crippen molar-refractivity contribution in [2.75, 3.05) is 7.11 Å². The summed E-state index contributed by atoms with van der Waals surface area (Å²) in [5.74, 6) is 1.00. The summed E-state index contributed by atoms with van der Waals surface area (Å²) in [6.07, 6.45) is 0.773. The second-order valence-corrected chi connectivity index (χ2v) is 4.55. The highest BCUT2D eigenvalue weighted by Gasteiger charge is 2.31. The molecule has 90 valence electrons. The Balaban J connectivity index is 1.99. The van der Waals surface area contributed by atoms with E-state index in [-0.39, 0.29) is 11.7 Å². The first-order valence-corrected chi connectivity index (χ1v) is 6.05. The number of methoxy groups -OCH3 is 1. The lowest BCUT2D eigenvalue weighted by atomic mass is 9.95. The highest BCUT2D eigenvalue weighted by molar-refractivity contribution is 6.05. The van der Waals surface area contributed by atoms with E-state index >= 15 is 0 Å². The molecular formula is C16H14O2. The normalized spacial score (nSPS) is 17.6. The van der Waals surface area contributed by atoms with Crippen LogP contribution < -0.4 is 4.74 Å². The summed E-state index contributed by atoms with van der Waals surface area (Å²) in [5, 5.41) is 0. The van der Waals surface area contributed by atoms with Crippen LogP contribution in [-0.4, -0.2) is 12.9 Å². The van der Waals surface area contributed by atoms with Crippen molar-refractivity contribution in [3.05, 3.63) is 65.2 Å². The highest BCUT2D eigenvalue weighted by Crippen LogP contribution is 2.35. The number of ether oxygens (including phenoxy) is 1. The van der Waals surface area contributed by atoms with Gasteiger partial charge in [-0.15, -0.1) is 0 Å². The molecule has 0 bridgehead atoms. The zero-order valence-corrected chi connectivity index (χ0v) is 10.2. The molecular weight excluding hydrogens is 224 g/mol. The Morgan fingerprint density at radius 3 is 2.61 bits per heavy atom. The van der Waals surface area contributed by atoms with Crippen LogP contribution >= 0.6 is 0 Å². The summed E-state index contributed by atoms with van der Waals surface area (Å²) in [5.41, 5.74) is 3.02. The maximum absolute atomic E-state index is 12.4. The van der Waals surface area contributed by atoms with E-state index in [0.717, 1.165) is 28.9 Å². The Morgan fingerprint density at radius 1 is 1.11 bits per heavy atom. The largest absolute Gasteiger partial charge is 0.497 e. The first-order chi connectivity index (χ1) is 8.79. The predicted molar refractivity (Wildman–Crippen MR) is 70.2 cm³/mol. The molecule has 3 rings (SSSR count). The molecule has 0 heterocycles. The molecule has 0 aromatic heterocycles. The van der Waals surface area contributed by atoms with E-state index in [1.165, 1.54) is 0 Å². The summed E-state index contributed by atoms with van der Waals surface area (Å²) in [6, 6.07) is 15.7. The molecule has 2 aromatic rings. The van der Waals surface area contributed by atoms with Gasteiger partial charge in [-0.2, -0.15) is 0 Å². The van der Waals surface area contributed by atoms with Crippen LogP contribution in [-0.2, 0) is 6.42 Å². The Morgan fingerprint density at radius 2 is 1.89 bits per heavy atom. The number of hydrogen-bond donors (Lipinski definition) is 0. The first-order valence-electron chi connectivity index (χ1n) is 6.05. The summed E-state index contributed by atoms with van der Waals surface area (Å²) in [4.78, 5) is 12.4. The molecule has 0 spiro atoms. The third-order valence-electron chi connectivity index (χ3n) is 3.52. The summed E-state index contributed by atoms with van der Waals surface area (Å²) < 4.78 is 5.20. The van der Waals surface area contributed by atoms with Crippen molar-refractivity contribution >= 4 is 5.78 Å². The second-order valence-electron chi connectivity index (χ2n) is 4.55. The van der Waals surface area contributed by atoms with Gasteiger partial charge >= 0.3 is 0 Å². The van der Waals surface area contributed by atoms with Gasteiger partial charge in [0, 0.05) is 5.56 Å². The number of ketones is 1. The second kappa shape index (κ2) is 4.30. The van der Waals surface area contributed by atoms with Gasteiger partial charge in [0.2, 0.25) is 0 Å². The minimum absolute atomic E-state index is 0.0340. The van der Waals surface area contributed by atoms with Crippen molar-refractivity contribution in [2.45, 2.75) is 12.3 Å². The third kappa shape index (κ3) is 1.70. The number of benzene rings is 2. The van der Waals surface area contributed by atoms with Gasteiger partial charge in [0.1, 0.15) is 5.75 Å². The van der Waals surface area contributed by atoms with Crippen molar-refractivity contribution < 1.29 is 9.53 Å². The van der Waals surface area contributed by atoms with E-state index in [4.69, 9.17) is 4.74 Å². The lowest BCUT2D eigenvalue weighted by Gasteiger charge is -2.07. The Bertz CT molecular complexity index is 587. The molecule has 1 aliphatic carbocycles. The Hall–Kier alpha value is -2.09. The van der Waals surface area contributed by atoms with Crippen molar-refractivity contribution in [2.24, 2.45) is 0 Å². The summed E-state index contributed by atoms with van der Waals surface area (Å²) >= 11 is 0. The van der Waals surface area contributed by atoms with Gasteiger partial charge in [0.05, 0.1) is 13.0 Å². The lowest BCUT2D eigenvalue weighted by molar-refractivity contribution is 0.0973. The van der Waals surface area contributed by atoms with Crippen LogP contribution in [0.4, 0.5) is 0 Å². The Labute approximate surface area is 106 Å². The minimum Gasteiger partial charge on any atom is -0.497 e. The number of fused-ring (bicyclic) bond motifs is 1. The third-order valence-corrected chi connectivity index (χ3v) is 3.52. The smallest absolute Gasteiger partial charge is 0.170 e. The molecule has 0 amide bonds. The van der Waals surface area contributed by atoms with Crippen molar-refractivity contribution in [3.8, 4) is 5.75 Å². The highest BCUT2D eigenvalue weighted by atomic mass is 16.5. The van der Waals surface area contributed by atoms with Crippen LogP contribution in [0.2, 0.25) is 0 Å². The number of rotatable bonds is 2. The molecule has 0 N–H and O–H groups in total. The van der Waals surface area contributed by atoms with Gasteiger partial charge in [-0.05, 0) is 35.7 Å². The molecule has 0 radical (unpaired) electrons. The van der Waals surface area contributed by atoms with Crippen LogP contribution in [0.3, 0.4) is 0 Å². The SMILES string of the molecule is COc1ccc2c(c1)C[C@@H](c1ccccc1)C2=O. The first kappa shape index (κ1) is 11.0. The van der Waals surface area contributed by atoms with Crippen molar-refractivity contribution in [3.63, 3.8) is 0 Å². The number of hydrogen-bond acceptors (Lipinski definition) is 2. The van der Waals surface area contributed by atoms with Gasteiger partial charge in [-0.3, -0.25) is 4.79 Å². The molecule has 1 aliphatic rings. The van der Waals surface area contributed by atoms with Crippen molar-refractivity contribution in [1.82, 2.24) is 0 Å². The topological polar surface area (TPSA) is 26.3 Å². The van der Waals surface area contributed by atoms with E-state index in [0.29, 0.717) is 0 Å². The Kier molecular flexibility index (Phi) is 2.63. The zero-order valence-electron chi connectivity index (χ0n) is 10.2. The monoisotopic (exact) mass is 238 g/mol. The fraction of sp³-hybridized carbons (Fsp3) is 0.188. The molecule has 18 heavy (non-hydrogen) atoms. The van der Waals surface area contributed by atoms with Crippen LogP contribution in [0.15, 0.2) is 48.5 Å². The molecule has 2 heteroatoms. The van der Waals surface area contributed by atoms with Gasteiger partial charge in [0.15, 0.2) is 5.78 Å². The lowest BCUT2D eigenvalue weighted by Crippen LogP contribution is -2.06. The number of carbonyl (C=O) groups excluding carboxylic acids is 1. The van der Waals surface area contributed by atoms with Gasteiger partial charge in [-0.1, -0.05) is 30.3 Å². The van der Waals surface area contributed by atoms with Gasteiger partial charge in [0.25, 0.3) is 0 Å². The average Bonchev–Trinajstić information content (AvgIpc) is 2.76.